The minimum absolute atomic E-state index is 0. The van der Waals surface area contributed by atoms with Crippen molar-refractivity contribution < 1.29 is 68.2 Å². The van der Waals surface area contributed by atoms with Crippen LogP contribution in [0.5, 0.6) is 0 Å². The predicted molar refractivity (Wildman–Crippen MR) is 80.7 cm³/mol. The molecule has 0 radical (unpaired) electrons. The third kappa shape index (κ3) is 4.83. The fourth-order valence-electron chi connectivity index (χ4n) is 1.58. The summed E-state index contributed by atoms with van der Waals surface area (Å²) in [5.41, 5.74) is 0.722. The summed E-state index contributed by atoms with van der Waals surface area (Å²) in [5, 5.41) is 0. The van der Waals surface area contributed by atoms with Gasteiger partial charge in [0, 0.05) is 9.79 Å². The van der Waals surface area contributed by atoms with E-state index < -0.39 is 20.0 Å². The zero-order valence-corrected chi connectivity index (χ0v) is 16.6. The summed E-state index contributed by atoms with van der Waals surface area (Å²) in [5.74, 6) is 0. The molecule has 0 heterocycles. The van der Waals surface area contributed by atoms with Gasteiger partial charge in [-0.15, -0.1) is 0 Å². The van der Waals surface area contributed by atoms with Crippen LogP contribution in [0.15, 0.2) is 71.0 Å². The maximum Gasteiger partial charge on any atom is 1.00 e. The van der Waals surface area contributed by atoms with Crippen LogP contribution in [0.4, 0.5) is 0 Å². The smallest absolute Gasteiger partial charge is 0.428 e. The Bertz CT molecular complexity index is 845. The van der Waals surface area contributed by atoms with Crippen molar-refractivity contribution in [1.29, 1.82) is 0 Å². The van der Waals surface area contributed by atoms with Gasteiger partial charge in [0.25, 0.3) is 0 Å². The van der Waals surface area contributed by atoms with Crippen molar-refractivity contribution in [2.75, 3.05) is 0 Å². The molecule has 0 bridgehead atoms. The molecule has 2 aromatic rings. The molecule has 0 fully saturated rings. The molecule has 0 aliphatic heterocycles. The summed E-state index contributed by atoms with van der Waals surface area (Å²) < 4.78 is 51.1. The standard InChI is InChI=1S/C14H12NO4S2.K/c1-2-12-8-10-14(11-9-12)21(18,19)15-20(16,17)13-6-4-3-5-7-13;/h2-11H,1H2;/q-1;+1. The molecule has 0 aliphatic rings. The molecule has 0 spiro atoms. The average molecular weight is 361 g/mol. The second-order valence-electron chi connectivity index (χ2n) is 4.11. The molecule has 0 unspecified atom stereocenters. The van der Waals surface area contributed by atoms with Crippen LogP contribution in [-0.4, -0.2) is 16.8 Å². The molecule has 5 nitrogen and oxygen atoms in total. The molecule has 110 valence electrons. The van der Waals surface area contributed by atoms with Crippen LogP contribution in [0, 0.1) is 0 Å². The first-order valence-corrected chi connectivity index (χ1v) is 8.75. The van der Waals surface area contributed by atoms with Gasteiger partial charge in [-0.2, -0.15) is 0 Å². The van der Waals surface area contributed by atoms with Gasteiger partial charge in [0.2, 0.25) is 0 Å². The summed E-state index contributed by atoms with van der Waals surface area (Å²) in [4.78, 5) is -0.358. The minimum atomic E-state index is -4.29. The van der Waals surface area contributed by atoms with Gasteiger partial charge in [-0.05, 0) is 29.8 Å². The third-order valence-electron chi connectivity index (χ3n) is 2.65. The van der Waals surface area contributed by atoms with E-state index in [9.17, 15) is 16.8 Å². The molecule has 0 N–H and O–H groups in total. The molecule has 0 aromatic heterocycles. The van der Waals surface area contributed by atoms with Crippen molar-refractivity contribution in [2.24, 2.45) is 0 Å². The second-order valence-corrected chi connectivity index (χ2v) is 7.55. The predicted octanol–water partition coefficient (Wildman–Crippen LogP) is -0.215. The Morgan fingerprint density at radius 2 is 1.23 bits per heavy atom. The maximum absolute atomic E-state index is 12.0. The van der Waals surface area contributed by atoms with Crippen LogP contribution >= 0.6 is 0 Å². The summed E-state index contributed by atoms with van der Waals surface area (Å²) in [7, 11) is -8.55. The van der Waals surface area contributed by atoms with Gasteiger partial charge in [-0.25, -0.2) is 16.8 Å². The Kier molecular flexibility index (Phi) is 7.15. The van der Waals surface area contributed by atoms with E-state index in [4.69, 9.17) is 0 Å². The first kappa shape index (κ1) is 19.7. The number of hydrogen-bond donors (Lipinski definition) is 0. The van der Waals surface area contributed by atoms with Gasteiger partial charge in [-0.1, -0.05) is 43.0 Å². The fourth-order valence-corrected chi connectivity index (χ4v) is 4.29. The summed E-state index contributed by atoms with van der Waals surface area (Å²) >= 11 is 0. The summed E-state index contributed by atoms with van der Waals surface area (Å²) in [6.07, 6.45) is 1.55. The van der Waals surface area contributed by atoms with Crippen molar-refractivity contribution in [3.8, 4) is 0 Å². The van der Waals surface area contributed by atoms with Crippen LogP contribution < -0.4 is 51.4 Å². The quantitative estimate of drug-likeness (QED) is 0.690. The zero-order valence-electron chi connectivity index (χ0n) is 11.9. The van der Waals surface area contributed by atoms with Gasteiger partial charge >= 0.3 is 51.4 Å². The van der Waals surface area contributed by atoms with Crippen molar-refractivity contribution in [3.63, 3.8) is 0 Å². The normalized spacial score (nSPS) is 11.5. The van der Waals surface area contributed by atoms with Gasteiger partial charge in [0.15, 0.2) is 0 Å². The molecule has 2 rings (SSSR count). The topological polar surface area (TPSA) is 82.4 Å². The molecular formula is C14H12KNO4S2. The van der Waals surface area contributed by atoms with Gasteiger partial charge in [-0.3, -0.25) is 0 Å². The van der Waals surface area contributed by atoms with Crippen LogP contribution in [0.2, 0.25) is 0 Å². The number of sulfonamides is 2. The van der Waals surface area contributed by atoms with E-state index in [1.165, 1.54) is 48.5 Å². The molecule has 22 heavy (non-hydrogen) atoms. The molecule has 2 aromatic carbocycles. The van der Waals surface area contributed by atoms with Crippen molar-refractivity contribution in [2.45, 2.75) is 9.79 Å². The van der Waals surface area contributed by atoms with Crippen molar-refractivity contribution >= 4 is 26.1 Å². The Morgan fingerprint density at radius 1 is 0.773 bits per heavy atom. The van der Waals surface area contributed by atoms with E-state index in [1.54, 1.807) is 12.1 Å². The molecule has 0 amide bonds. The fraction of sp³-hybridized carbons (Fsp3) is 0. The first-order valence-electron chi connectivity index (χ1n) is 5.87. The number of hydrogen-bond acceptors (Lipinski definition) is 4. The van der Waals surface area contributed by atoms with E-state index >= 15 is 0 Å². The minimum Gasteiger partial charge on any atom is -0.428 e. The van der Waals surface area contributed by atoms with Crippen LogP contribution in [-0.2, 0) is 20.0 Å². The van der Waals surface area contributed by atoms with E-state index in [2.05, 4.69) is 10.7 Å². The molecule has 0 saturated carbocycles. The molecule has 0 saturated heterocycles. The first-order chi connectivity index (χ1) is 9.85. The Labute approximate surface area is 173 Å². The van der Waals surface area contributed by atoms with Crippen LogP contribution in [0.1, 0.15) is 5.56 Å². The van der Waals surface area contributed by atoms with E-state index in [0.29, 0.717) is 0 Å². The average Bonchev–Trinajstić information content (AvgIpc) is 2.47. The SMILES string of the molecule is C=Cc1ccc(S(=O)(=O)[N-]S(=O)(=O)c2ccccc2)cc1.[K+]. The van der Waals surface area contributed by atoms with Crippen molar-refractivity contribution in [3.05, 3.63) is 70.9 Å². The van der Waals surface area contributed by atoms with Gasteiger partial charge in [0.1, 0.15) is 20.0 Å². The largest absolute Gasteiger partial charge is 1.00 e. The van der Waals surface area contributed by atoms with E-state index in [0.717, 1.165) is 5.56 Å². The number of benzene rings is 2. The molecule has 0 aliphatic carbocycles. The third-order valence-corrected chi connectivity index (χ3v) is 5.96. The van der Waals surface area contributed by atoms with Crippen molar-refractivity contribution in [1.82, 2.24) is 0 Å². The summed E-state index contributed by atoms with van der Waals surface area (Å²) in [6, 6.07) is 12.8. The number of rotatable bonds is 5. The Morgan fingerprint density at radius 3 is 1.68 bits per heavy atom. The monoisotopic (exact) mass is 361 g/mol. The number of nitrogens with zero attached hydrogens (tertiary/aromatic N) is 1. The Hall–Kier alpha value is -0.324. The molecular weight excluding hydrogens is 349 g/mol. The zero-order chi connectivity index (χ0) is 15.5. The van der Waals surface area contributed by atoms with Crippen LogP contribution in [0.25, 0.3) is 10.2 Å². The van der Waals surface area contributed by atoms with Gasteiger partial charge < -0.3 is 4.13 Å². The van der Waals surface area contributed by atoms with E-state index in [-0.39, 0.29) is 61.2 Å². The van der Waals surface area contributed by atoms with Crippen LogP contribution in [0.3, 0.4) is 0 Å². The Balaban J connectivity index is 0.00000242. The maximum atomic E-state index is 12.0. The molecule has 0 atom stereocenters. The second kappa shape index (κ2) is 7.98. The summed E-state index contributed by atoms with van der Waals surface area (Å²) in [6.45, 7) is 3.55. The molecule has 8 heteroatoms. The van der Waals surface area contributed by atoms with E-state index in [1.807, 2.05) is 0 Å². The van der Waals surface area contributed by atoms with Gasteiger partial charge in [0.05, 0.1) is 0 Å².